The fraction of sp³-hybridized carbons (Fsp3) is 0.250. The van der Waals surface area contributed by atoms with Gasteiger partial charge in [0.2, 0.25) is 0 Å². The van der Waals surface area contributed by atoms with Gasteiger partial charge in [0.15, 0.2) is 0 Å². The van der Waals surface area contributed by atoms with Crippen LogP contribution in [0.25, 0.3) is 0 Å². The molecule has 6 heteroatoms. The van der Waals surface area contributed by atoms with Crippen molar-refractivity contribution < 1.29 is 13.6 Å². The minimum Gasteiger partial charge on any atom is -0.352 e. The van der Waals surface area contributed by atoms with Gasteiger partial charge >= 0.3 is 0 Å². The highest BCUT2D eigenvalue weighted by atomic mass is 19.1. The largest absolute Gasteiger partial charge is 0.352 e. The Labute approximate surface area is 127 Å². The number of anilines is 2. The molecular weight excluding hydrogens is 288 g/mol. The molecule has 0 bridgehead atoms. The monoisotopic (exact) mass is 305 g/mol. The van der Waals surface area contributed by atoms with Gasteiger partial charge in [0.1, 0.15) is 11.6 Å². The van der Waals surface area contributed by atoms with Crippen molar-refractivity contribution in [1.82, 2.24) is 10.3 Å². The first-order valence-electron chi connectivity index (χ1n) is 6.97. The van der Waals surface area contributed by atoms with E-state index in [4.69, 9.17) is 0 Å². The first kappa shape index (κ1) is 15.9. The maximum atomic E-state index is 13.6. The van der Waals surface area contributed by atoms with E-state index in [1.807, 2.05) is 13.8 Å². The lowest BCUT2D eigenvalue weighted by Crippen LogP contribution is -2.31. The van der Waals surface area contributed by atoms with Crippen molar-refractivity contribution >= 4 is 17.3 Å². The molecule has 1 aromatic carbocycles. The van der Waals surface area contributed by atoms with E-state index in [1.165, 1.54) is 18.5 Å². The van der Waals surface area contributed by atoms with Crippen LogP contribution in [0.3, 0.4) is 0 Å². The van der Waals surface area contributed by atoms with E-state index >= 15 is 0 Å². The number of hydrogen-bond donors (Lipinski definition) is 2. The molecule has 1 aromatic heterocycles. The molecule has 116 valence electrons. The number of benzene rings is 1. The van der Waals surface area contributed by atoms with Gasteiger partial charge in [-0.2, -0.15) is 0 Å². The smallest absolute Gasteiger partial charge is 0.253 e. The van der Waals surface area contributed by atoms with Crippen LogP contribution in [0, 0.1) is 11.6 Å². The number of carbonyl (C=O) groups is 1. The molecule has 1 heterocycles. The highest BCUT2D eigenvalue weighted by Gasteiger charge is 2.10. The minimum atomic E-state index is -0.713. The molecule has 0 spiro atoms. The van der Waals surface area contributed by atoms with Crippen LogP contribution >= 0.6 is 0 Å². The summed E-state index contributed by atoms with van der Waals surface area (Å²) in [5, 5.41) is 5.60. The van der Waals surface area contributed by atoms with Crippen molar-refractivity contribution in [3.8, 4) is 0 Å². The molecule has 0 aliphatic rings. The van der Waals surface area contributed by atoms with Gasteiger partial charge in [-0.3, -0.25) is 9.78 Å². The standard InChI is InChI=1S/C16H17F2N3O/c1-3-10(2)20-16(22)11-6-13(9-19-8-11)21-15-5-4-12(17)7-14(15)18/h4-10,21H,3H2,1-2H3,(H,20,22). The van der Waals surface area contributed by atoms with Gasteiger partial charge < -0.3 is 10.6 Å². The van der Waals surface area contributed by atoms with Crippen LogP contribution in [0.15, 0.2) is 36.7 Å². The van der Waals surface area contributed by atoms with E-state index < -0.39 is 11.6 Å². The second-order valence-electron chi connectivity index (χ2n) is 4.99. The summed E-state index contributed by atoms with van der Waals surface area (Å²) >= 11 is 0. The molecule has 2 rings (SSSR count). The normalized spacial score (nSPS) is 11.8. The van der Waals surface area contributed by atoms with Crippen LogP contribution in [0.5, 0.6) is 0 Å². The molecule has 1 amide bonds. The number of carbonyl (C=O) groups excluding carboxylic acids is 1. The van der Waals surface area contributed by atoms with Crippen LogP contribution in [0.1, 0.15) is 30.6 Å². The quantitative estimate of drug-likeness (QED) is 0.887. The number of nitrogens with one attached hydrogen (secondary N) is 2. The summed E-state index contributed by atoms with van der Waals surface area (Å²) in [5.41, 5.74) is 0.929. The van der Waals surface area contributed by atoms with E-state index in [2.05, 4.69) is 15.6 Å². The first-order valence-corrected chi connectivity index (χ1v) is 6.97. The zero-order chi connectivity index (χ0) is 16.1. The Hall–Kier alpha value is -2.50. The van der Waals surface area contributed by atoms with Crippen LogP contribution < -0.4 is 10.6 Å². The molecule has 0 radical (unpaired) electrons. The summed E-state index contributed by atoms with van der Waals surface area (Å²) in [6.07, 6.45) is 3.71. The van der Waals surface area contributed by atoms with Crippen molar-refractivity contribution in [2.45, 2.75) is 26.3 Å². The van der Waals surface area contributed by atoms with Gasteiger partial charge in [0, 0.05) is 18.3 Å². The Morgan fingerprint density at radius 3 is 2.73 bits per heavy atom. The van der Waals surface area contributed by atoms with Crippen LogP contribution in [0.4, 0.5) is 20.2 Å². The van der Waals surface area contributed by atoms with Gasteiger partial charge in [0.25, 0.3) is 5.91 Å². The predicted molar refractivity (Wildman–Crippen MR) is 81.1 cm³/mol. The van der Waals surface area contributed by atoms with Crippen LogP contribution in [-0.2, 0) is 0 Å². The van der Waals surface area contributed by atoms with E-state index in [0.717, 1.165) is 18.6 Å². The summed E-state index contributed by atoms with van der Waals surface area (Å²) in [4.78, 5) is 16.0. The Kier molecular flexibility index (Phi) is 5.04. The fourth-order valence-corrected chi connectivity index (χ4v) is 1.79. The summed E-state index contributed by atoms with van der Waals surface area (Å²) in [7, 11) is 0. The molecule has 0 aliphatic heterocycles. The number of pyridine rings is 1. The third-order valence-electron chi connectivity index (χ3n) is 3.20. The lowest BCUT2D eigenvalue weighted by atomic mass is 10.2. The van der Waals surface area contributed by atoms with Gasteiger partial charge in [-0.25, -0.2) is 8.78 Å². The number of aromatic nitrogens is 1. The average molecular weight is 305 g/mol. The van der Waals surface area contributed by atoms with Gasteiger partial charge in [0.05, 0.1) is 23.1 Å². The Morgan fingerprint density at radius 1 is 1.27 bits per heavy atom. The molecule has 1 unspecified atom stereocenters. The van der Waals surface area contributed by atoms with E-state index in [9.17, 15) is 13.6 Å². The number of rotatable bonds is 5. The number of nitrogens with zero attached hydrogens (tertiary/aromatic N) is 1. The van der Waals surface area contributed by atoms with Crippen molar-refractivity contribution in [1.29, 1.82) is 0 Å². The third-order valence-corrected chi connectivity index (χ3v) is 3.20. The maximum Gasteiger partial charge on any atom is 0.253 e. The molecule has 0 aliphatic carbocycles. The van der Waals surface area contributed by atoms with Crippen LogP contribution in [-0.4, -0.2) is 16.9 Å². The second-order valence-corrected chi connectivity index (χ2v) is 4.99. The molecule has 2 aromatic rings. The van der Waals surface area contributed by atoms with E-state index in [1.54, 1.807) is 6.07 Å². The Balaban J connectivity index is 2.16. The number of hydrogen-bond acceptors (Lipinski definition) is 3. The second kappa shape index (κ2) is 6.98. The van der Waals surface area contributed by atoms with Crippen LogP contribution in [0.2, 0.25) is 0 Å². The number of amides is 1. The molecule has 22 heavy (non-hydrogen) atoms. The predicted octanol–water partition coefficient (Wildman–Crippen LogP) is 3.63. The SMILES string of the molecule is CCC(C)NC(=O)c1cncc(Nc2ccc(F)cc2F)c1. The van der Waals surface area contributed by atoms with Crippen molar-refractivity contribution in [3.63, 3.8) is 0 Å². The minimum absolute atomic E-state index is 0.0543. The fourth-order valence-electron chi connectivity index (χ4n) is 1.79. The molecule has 1 atom stereocenters. The molecule has 4 nitrogen and oxygen atoms in total. The van der Waals surface area contributed by atoms with Gasteiger partial charge in [-0.1, -0.05) is 6.92 Å². The van der Waals surface area contributed by atoms with Gasteiger partial charge in [-0.15, -0.1) is 0 Å². The number of halogens is 2. The van der Waals surface area contributed by atoms with Gasteiger partial charge in [-0.05, 0) is 31.5 Å². The molecule has 0 saturated heterocycles. The molecular formula is C16H17F2N3O. The maximum absolute atomic E-state index is 13.6. The zero-order valence-electron chi connectivity index (χ0n) is 12.4. The third kappa shape index (κ3) is 4.00. The van der Waals surface area contributed by atoms with Crippen molar-refractivity contribution in [3.05, 3.63) is 53.9 Å². The Bertz CT molecular complexity index is 676. The van der Waals surface area contributed by atoms with E-state index in [-0.39, 0.29) is 17.6 Å². The average Bonchev–Trinajstić information content (AvgIpc) is 2.50. The lowest BCUT2D eigenvalue weighted by Gasteiger charge is -2.12. The topological polar surface area (TPSA) is 54.0 Å². The molecule has 2 N–H and O–H groups in total. The Morgan fingerprint density at radius 2 is 2.05 bits per heavy atom. The summed E-state index contributed by atoms with van der Waals surface area (Å²) in [6, 6.07) is 4.84. The van der Waals surface area contributed by atoms with Crippen molar-refractivity contribution in [2.24, 2.45) is 0 Å². The highest BCUT2D eigenvalue weighted by molar-refractivity contribution is 5.95. The zero-order valence-corrected chi connectivity index (χ0v) is 12.4. The lowest BCUT2D eigenvalue weighted by molar-refractivity contribution is 0.0939. The first-order chi connectivity index (χ1) is 10.5. The highest BCUT2D eigenvalue weighted by Crippen LogP contribution is 2.20. The summed E-state index contributed by atoms with van der Waals surface area (Å²) in [6.45, 7) is 3.87. The molecule has 0 saturated carbocycles. The van der Waals surface area contributed by atoms with Crippen molar-refractivity contribution in [2.75, 3.05) is 5.32 Å². The van der Waals surface area contributed by atoms with E-state index in [0.29, 0.717) is 11.3 Å². The summed E-state index contributed by atoms with van der Waals surface area (Å²) in [5.74, 6) is -1.61. The summed E-state index contributed by atoms with van der Waals surface area (Å²) < 4.78 is 26.5. The molecule has 0 fully saturated rings.